The molecule has 0 saturated heterocycles. The average Bonchev–Trinajstić information content (AvgIpc) is 3.27. The molecule has 0 aliphatic rings. The van der Waals surface area contributed by atoms with Gasteiger partial charge in [0, 0.05) is 24.1 Å². The van der Waals surface area contributed by atoms with Gasteiger partial charge in [-0.15, -0.1) is 0 Å². The maximum absolute atomic E-state index is 13.2. The lowest BCUT2D eigenvalue weighted by Crippen LogP contribution is -2.39. The van der Waals surface area contributed by atoms with E-state index < -0.39 is 15.9 Å². The van der Waals surface area contributed by atoms with E-state index in [1.807, 2.05) is 26.0 Å². The first-order valence-corrected chi connectivity index (χ1v) is 14.6. The molecule has 1 unspecified atom stereocenters. The lowest BCUT2D eigenvalue weighted by molar-refractivity contribution is 0.102. The number of aromatic nitrogens is 1. The van der Waals surface area contributed by atoms with Crippen molar-refractivity contribution < 1.29 is 17.6 Å². The Morgan fingerprint density at radius 2 is 1.94 bits per heavy atom. The Balaban J connectivity index is 2.06. The molecule has 9 nitrogen and oxygen atoms in total. The van der Waals surface area contributed by atoms with Crippen molar-refractivity contribution in [1.82, 2.24) is 14.2 Å². The van der Waals surface area contributed by atoms with Crippen LogP contribution in [-0.2, 0) is 10.0 Å². The molecule has 1 atom stereocenters. The van der Waals surface area contributed by atoms with Crippen molar-refractivity contribution in [2.75, 3.05) is 49.5 Å². The fourth-order valence-electron chi connectivity index (χ4n) is 3.90. The number of nitrogen functional groups attached to an aromatic ring is 1. The Kier molecular flexibility index (Phi) is 11.6. The number of hydrogen-bond donors (Lipinski definition) is 2. The molecular formula is C25H38BrN5O4S. The van der Waals surface area contributed by atoms with Gasteiger partial charge in [0.15, 0.2) is 5.69 Å². The van der Waals surface area contributed by atoms with E-state index in [-0.39, 0.29) is 23.4 Å². The van der Waals surface area contributed by atoms with E-state index in [2.05, 4.69) is 51.6 Å². The third-order valence-corrected chi connectivity index (χ3v) is 8.70. The lowest BCUT2D eigenvalue weighted by atomic mass is 10.0. The number of rotatable bonds is 15. The van der Waals surface area contributed by atoms with Crippen LogP contribution in [0.4, 0.5) is 11.7 Å². The number of amides is 1. The maximum atomic E-state index is 13.2. The summed E-state index contributed by atoms with van der Waals surface area (Å²) in [7, 11) is -3.41. The van der Waals surface area contributed by atoms with Gasteiger partial charge in [0.1, 0.15) is 6.26 Å². The molecule has 1 heterocycles. The highest BCUT2D eigenvalue weighted by molar-refractivity contribution is 9.10. The minimum atomic E-state index is -3.41. The number of carbonyl (C=O) groups excluding carboxylic acids is 1. The summed E-state index contributed by atoms with van der Waals surface area (Å²) in [6.45, 7) is 15.7. The Morgan fingerprint density at radius 3 is 2.53 bits per heavy atom. The van der Waals surface area contributed by atoms with Crippen molar-refractivity contribution in [2.45, 2.75) is 40.5 Å². The SMILES string of the molecule is C=C(CCN(CCC)S(=O)(=O)CC(C)CN(CC)CC)c1ccc(Br)c(NC(=O)c2coc(N)n2)c1. The first-order chi connectivity index (χ1) is 17.0. The van der Waals surface area contributed by atoms with Crippen LogP contribution in [0, 0.1) is 5.92 Å². The molecule has 11 heteroatoms. The van der Waals surface area contributed by atoms with Gasteiger partial charge in [-0.05, 0) is 71.0 Å². The number of nitrogens with two attached hydrogens (primary N) is 1. The lowest BCUT2D eigenvalue weighted by Gasteiger charge is -2.26. The number of carbonyl (C=O) groups is 1. The predicted molar refractivity (Wildman–Crippen MR) is 149 cm³/mol. The number of nitrogens with zero attached hydrogens (tertiary/aromatic N) is 3. The van der Waals surface area contributed by atoms with Gasteiger partial charge < -0.3 is 20.4 Å². The second kappa shape index (κ2) is 13.9. The molecule has 1 aromatic carbocycles. The van der Waals surface area contributed by atoms with E-state index in [0.717, 1.165) is 37.2 Å². The molecule has 0 bridgehead atoms. The minimum Gasteiger partial charge on any atom is -0.431 e. The first-order valence-electron chi connectivity index (χ1n) is 12.2. The van der Waals surface area contributed by atoms with Crippen molar-refractivity contribution in [2.24, 2.45) is 5.92 Å². The largest absolute Gasteiger partial charge is 0.431 e. The number of oxazole rings is 1. The fraction of sp³-hybridized carbons (Fsp3) is 0.520. The summed E-state index contributed by atoms with van der Waals surface area (Å²) in [5.41, 5.74) is 7.62. The number of benzene rings is 1. The van der Waals surface area contributed by atoms with Crippen LogP contribution < -0.4 is 11.1 Å². The number of hydrogen-bond acceptors (Lipinski definition) is 7. The summed E-state index contributed by atoms with van der Waals surface area (Å²) in [6.07, 6.45) is 2.39. The van der Waals surface area contributed by atoms with Gasteiger partial charge in [0.05, 0.1) is 11.4 Å². The first kappa shape index (κ1) is 30.0. The molecule has 0 aliphatic heterocycles. The van der Waals surface area contributed by atoms with E-state index in [1.54, 1.807) is 10.4 Å². The number of halogens is 1. The zero-order chi connectivity index (χ0) is 26.9. The average molecular weight is 585 g/mol. The second-order valence-electron chi connectivity index (χ2n) is 8.84. The molecule has 200 valence electrons. The quantitative estimate of drug-likeness (QED) is 0.311. The Hall–Kier alpha value is -2.21. The van der Waals surface area contributed by atoms with E-state index in [0.29, 0.717) is 29.7 Å². The smallest absolute Gasteiger partial charge is 0.292 e. The van der Waals surface area contributed by atoms with Crippen LogP contribution in [-0.4, -0.2) is 67.0 Å². The summed E-state index contributed by atoms with van der Waals surface area (Å²) in [5, 5.41) is 2.78. The second-order valence-corrected chi connectivity index (χ2v) is 11.7. The number of anilines is 2. The van der Waals surface area contributed by atoms with E-state index >= 15 is 0 Å². The van der Waals surface area contributed by atoms with Crippen molar-refractivity contribution >= 4 is 49.1 Å². The summed E-state index contributed by atoms with van der Waals surface area (Å²) in [6, 6.07) is 5.39. The van der Waals surface area contributed by atoms with Crippen LogP contribution >= 0.6 is 15.9 Å². The third-order valence-electron chi connectivity index (χ3n) is 5.87. The van der Waals surface area contributed by atoms with Gasteiger partial charge in [-0.2, -0.15) is 4.98 Å². The summed E-state index contributed by atoms with van der Waals surface area (Å²) >= 11 is 3.44. The van der Waals surface area contributed by atoms with Gasteiger partial charge in [-0.1, -0.05) is 40.3 Å². The van der Waals surface area contributed by atoms with Gasteiger partial charge >= 0.3 is 0 Å². The molecule has 3 N–H and O–H groups in total. The highest BCUT2D eigenvalue weighted by atomic mass is 79.9. The molecule has 2 aromatic rings. The highest BCUT2D eigenvalue weighted by Crippen LogP contribution is 2.28. The number of sulfonamides is 1. The molecule has 0 aliphatic carbocycles. The molecule has 36 heavy (non-hydrogen) atoms. The molecule has 1 amide bonds. The van der Waals surface area contributed by atoms with Gasteiger partial charge in [0.25, 0.3) is 11.9 Å². The fourth-order valence-corrected chi connectivity index (χ4v) is 6.11. The molecule has 0 radical (unpaired) electrons. The molecule has 0 spiro atoms. The zero-order valence-electron chi connectivity index (χ0n) is 21.6. The van der Waals surface area contributed by atoms with Crippen molar-refractivity contribution in [3.8, 4) is 0 Å². The minimum absolute atomic E-state index is 0.0372. The van der Waals surface area contributed by atoms with Crippen LogP contribution in [0.2, 0.25) is 0 Å². The van der Waals surface area contributed by atoms with Gasteiger partial charge in [0.2, 0.25) is 10.0 Å². The Morgan fingerprint density at radius 1 is 1.25 bits per heavy atom. The van der Waals surface area contributed by atoms with Gasteiger partial charge in [-0.25, -0.2) is 12.7 Å². The van der Waals surface area contributed by atoms with E-state index in [1.165, 1.54) is 6.26 Å². The van der Waals surface area contributed by atoms with Crippen LogP contribution in [0.5, 0.6) is 0 Å². The topological polar surface area (TPSA) is 122 Å². The molecule has 0 saturated carbocycles. The van der Waals surface area contributed by atoms with Crippen molar-refractivity contribution in [3.63, 3.8) is 0 Å². The predicted octanol–water partition coefficient (Wildman–Crippen LogP) is 4.69. The third kappa shape index (κ3) is 8.72. The van der Waals surface area contributed by atoms with E-state index in [9.17, 15) is 13.2 Å². The van der Waals surface area contributed by atoms with Crippen molar-refractivity contribution in [1.29, 1.82) is 0 Å². The Labute approximate surface area is 223 Å². The summed E-state index contributed by atoms with van der Waals surface area (Å²) in [4.78, 5) is 18.5. The number of nitrogens with one attached hydrogen (secondary N) is 1. The van der Waals surface area contributed by atoms with Gasteiger partial charge in [-0.3, -0.25) is 4.79 Å². The Bertz CT molecular complexity index is 1130. The summed E-state index contributed by atoms with van der Waals surface area (Å²) in [5.74, 6) is -0.301. The van der Waals surface area contributed by atoms with Crippen LogP contribution in [0.1, 0.15) is 56.6 Å². The molecule has 1 aromatic heterocycles. The van der Waals surface area contributed by atoms with Crippen molar-refractivity contribution in [3.05, 3.63) is 46.8 Å². The monoisotopic (exact) mass is 583 g/mol. The van der Waals surface area contributed by atoms with E-state index in [4.69, 9.17) is 10.2 Å². The van der Waals surface area contributed by atoms with Crippen LogP contribution in [0.3, 0.4) is 0 Å². The molecule has 2 rings (SSSR count). The normalized spacial score (nSPS) is 12.8. The zero-order valence-corrected chi connectivity index (χ0v) is 24.0. The van der Waals surface area contributed by atoms with Crippen LogP contribution in [0.15, 0.2) is 39.9 Å². The van der Waals surface area contributed by atoms with Crippen LogP contribution in [0.25, 0.3) is 5.57 Å². The highest BCUT2D eigenvalue weighted by Gasteiger charge is 2.25. The molecular weight excluding hydrogens is 546 g/mol. The maximum Gasteiger partial charge on any atom is 0.292 e. The summed E-state index contributed by atoms with van der Waals surface area (Å²) < 4.78 is 33.5. The standard InChI is InChI=1S/C25H38BrN5O4S/c1-6-12-31(36(33,34)17-18(4)15-30(7-2)8-3)13-11-19(5)20-9-10-21(26)22(14-20)28-24(32)23-16-35-25(27)29-23/h9-10,14,16,18H,5-8,11-13,15,17H2,1-4H3,(H2,27,29)(H,28,32). The molecule has 0 fully saturated rings.